The van der Waals surface area contributed by atoms with Crippen molar-refractivity contribution in [2.24, 2.45) is 0 Å². The van der Waals surface area contributed by atoms with Crippen LogP contribution >= 0.6 is 23.2 Å². The van der Waals surface area contributed by atoms with Gasteiger partial charge in [-0.15, -0.1) is 0 Å². The summed E-state index contributed by atoms with van der Waals surface area (Å²) in [6.07, 6.45) is 1.72. The van der Waals surface area contributed by atoms with Crippen LogP contribution in [0.15, 0.2) is 42.5 Å². The summed E-state index contributed by atoms with van der Waals surface area (Å²) in [5.41, 5.74) is 3.02. The summed E-state index contributed by atoms with van der Waals surface area (Å²) in [6, 6.07) is 13.1. The first-order valence-corrected chi connectivity index (χ1v) is 10.5. The van der Waals surface area contributed by atoms with E-state index in [-0.39, 0.29) is 24.9 Å². The lowest BCUT2D eigenvalue weighted by atomic mass is 10.00. The SMILES string of the molecule is CCCN(CC(=O)Nc1ccc(Cl)cc1Cl)CC(=O)N1CCc2ccccc2C1. The van der Waals surface area contributed by atoms with Crippen molar-refractivity contribution in [3.05, 3.63) is 63.6 Å². The molecule has 0 saturated carbocycles. The van der Waals surface area contributed by atoms with Crippen LogP contribution in [0.2, 0.25) is 10.0 Å². The lowest BCUT2D eigenvalue weighted by Gasteiger charge is -2.31. The molecule has 1 aliphatic heterocycles. The fourth-order valence-corrected chi connectivity index (χ4v) is 3.97. The van der Waals surface area contributed by atoms with Crippen LogP contribution in [0.4, 0.5) is 5.69 Å². The van der Waals surface area contributed by atoms with Gasteiger partial charge in [0.1, 0.15) is 0 Å². The van der Waals surface area contributed by atoms with Crippen molar-refractivity contribution in [3.8, 4) is 0 Å². The molecule has 5 nitrogen and oxygen atoms in total. The first kappa shape index (κ1) is 21.6. The standard InChI is InChI=1S/C22H25Cl2N3O2/c1-2-10-26(14-21(28)25-20-8-7-18(23)12-19(20)24)15-22(29)27-11-9-16-5-3-4-6-17(16)13-27/h3-8,12H,2,9-11,13-15H2,1H3,(H,25,28). The third-order valence-corrected chi connectivity index (χ3v) is 5.50. The number of amides is 2. The molecule has 0 fully saturated rings. The Balaban J connectivity index is 1.58. The summed E-state index contributed by atoms with van der Waals surface area (Å²) >= 11 is 12.0. The smallest absolute Gasteiger partial charge is 0.238 e. The molecule has 7 heteroatoms. The normalized spacial score (nSPS) is 13.3. The van der Waals surface area contributed by atoms with Crippen LogP contribution in [0, 0.1) is 0 Å². The molecule has 29 heavy (non-hydrogen) atoms. The van der Waals surface area contributed by atoms with Crippen molar-refractivity contribution in [1.29, 1.82) is 0 Å². The Morgan fingerprint density at radius 2 is 1.86 bits per heavy atom. The number of rotatable bonds is 7. The highest BCUT2D eigenvalue weighted by Gasteiger charge is 2.23. The van der Waals surface area contributed by atoms with Crippen LogP contribution in [-0.2, 0) is 22.6 Å². The molecular weight excluding hydrogens is 409 g/mol. The van der Waals surface area contributed by atoms with E-state index in [0.29, 0.717) is 35.4 Å². The average molecular weight is 434 g/mol. The fraction of sp³-hybridized carbons (Fsp3) is 0.364. The molecular formula is C22H25Cl2N3O2. The van der Waals surface area contributed by atoms with Gasteiger partial charge in [-0.25, -0.2) is 0 Å². The molecule has 0 atom stereocenters. The van der Waals surface area contributed by atoms with Crippen LogP contribution in [0.25, 0.3) is 0 Å². The van der Waals surface area contributed by atoms with E-state index in [1.165, 1.54) is 11.1 Å². The molecule has 0 spiro atoms. The van der Waals surface area contributed by atoms with E-state index in [9.17, 15) is 9.59 Å². The third-order valence-electron chi connectivity index (χ3n) is 4.95. The molecule has 1 N–H and O–H groups in total. The van der Waals surface area contributed by atoms with Gasteiger partial charge in [0.05, 0.1) is 23.8 Å². The van der Waals surface area contributed by atoms with Crippen molar-refractivity contribution < 1.29 is 9.59 Å². The largest absolute Gasteiger partial charge is 0.337 e. The minimum atomic E-state index is -0.209. The lowest BCUT2D eigenvalue weighted by Crippen LogP contribution is -2.45. The molecule has 0 bridgehead atoms. The van der Waals surface area contributed by atoms with Gasteiger partial charge in [-0.05, 0) is 48.7 Å². The number of hydrogen-bond acceptors (Lipinski definition) is 3. The molecule has 0 aliphatic carbocycles. The molecule has 2 aromatic carbocycles. The predicted molar refractivity (Wildman–Crippen MR) is 117 cm³/mol. The summed E-state index contributed by atoms with van der Waals surface area (Å²) < 4.78 is 0. The number of halogens is 2. The second-order valence-electron chi connectivity index (χ2n) is 7.22. The molecule has 3 rings (SSSR count). The lowest BCUT2D eigenvalue weighted by molar-refractivity contribution is -0.133. The summed E-state index contributed by atoms with van der Waals surface area (Å²) in [5.74, 6) is -0.162. The predicted octanol–water partition coefficient (Wildman–Crippen LogP) is 4.23. The second-order valence-corrected chi connectivity index (χ2v) is 8.06. The van der Waals surface area contributed by atoms with Crippen molar-refractivity contribution in [3.63, 3.8) is 0 Å². The number of nitrogens with zero attached hydrogens (tertiary/aromatic N) is 2. The molecule has 0 unspecified atom stereocenters. The Labute approximate surface area is 181 Å². The molecule has 1 aliphatic rings. The van der Waals surface area contributed by atoms with E-state index in [1.54, 1.807) is 18.2 Å². The van der Waals surface area contributed by atoms with E-state index in [4.69, 9.17) is 23.2 Å². The van der Waals surface area contributed by atoms with Crippen LogP contribution in [0.1, 0.15) is 24.5 Å². The zero-order valence-electron chi connectivity index (χ0n) is 16.5. The summed E-state index contributed by atoms with van der Waals surface area (Å²) in [5, 5.41) is 3.69. The maximum Gasteiger partial charge on any atom is 0.238 e. The molecule has 154 valence electrons. The second kappa shape index (κ2) is 10.1. The van der Waals surface area contributed by atoms with Crippen LogP contribution in [0.5, 0.6) is 0 Å². The van der Waals surface area contributed by atoms with E-state index < -0.39 is 0 Å². The van der Waals surface area contributed by atoms with Gasteiger partial charge in [-0.1, -0.05) is 54.4 Å². The zero-order chi connectivity index (χ0) is 20.8. The zero-order valence-corrected chi connectivity index (χ0v) is 18.0. The Morgan fingerprint density at radius 1 is 1.10 bits per heavy atom. The Kier molecular flexibility index (Phi) is 7.53. The van der Waals surface area contributed by atoms with Crippen LogP contribution in [0.3, 0.4) is 0 Å². The molecule has 0 saturated heterocycles. The Morgan fingerprint density at radius 3 is 2.59 bits per heavy atom. The van der Waals surface area contributed by atoms with E-state index in [1.807, 2.05) is 28.9 Å². The fourth-order valence-electron chi connectivity index (χ4n) is 3.51. The highest BCUT2D eigenvalue weighted by molar-refractivity contribution is 6.36. The van der Waals surface area contributed by atoms with Gasteiger partial charge in [0, 0.05) is 18.1 Å². The van der Waals surface area contributed by atoms with Gasteiger partial charge >= 0.3 is 0 Å². The topological polar surface area (TPSA) is 52.7 Å². The maximum absolute atomic E-state index is 12.8. The number of fused-ring (bicyclic) bond motifs is 1. The van der Waals surface area contributed by atoms with Gasteiger partial charge < -0.3 is 10.2 Å². The Bertz CT molecular complexity index is 888. The molecule has 1 heterocycles. The van der Waals surface area contributed by atoms with Crippen LogP contribution in [-0.4, -0.2) is 47.8 Å². The monoisotopic (exact) mass is 433 g/mol. The molecule has 0 aromatic heterocycles. The number of carbonyl (C=O) groups excluding carboxylic acids is 2. The van der Waals surface area contributed by atoms with Crippen molar-refractivity contribution >= 4 is 40.7 Å². The first-order valence-electron chi connectivity index (χ1n) is 9.78. The quantitative estimate of drug-likeness (QED) is 0.710. The van der Waals surface area contributed by atoms with Crippen LogP contribution < -0.4 is 5.32 Å². The van der Waals surface area contributed by atoms with E-state index in [2.05, 4.69) is 17.4 Å². The van der Waals surface area contributed by atoms with Gasteiger partial charge in [0.15, 0.2) is 0 Å². The van der Waals surface area contributed by atoms with Gasteiger partial charge in [-0.3, -0.25) is 14.5 Å². The average Bonchev–Trinajstić information content (AvgIpc) is 2.70. The van der Waals surface area contributed by atoms with E-state index >= 15 is 0 Å². The first-order chi connectivity index (χ1) is 14.0. The molecule has 2 amide bonds. The number of nitrogens with one attached hydrogen (secondary N) is 1. The number of carbonyl (C=O) groups is 2. The minimum Gasteiger partial charge on any atom is -0.337 e. The van der Waals surface area contributed by atoms with Gasteiger partial charge in [0.25, 0.3) is 0 Å². The minimum absolute atomic E-state index is 0.0466. The number of benzene rings is 2. The molecule has 2 aromatic rings. The van der Waals surface area contributed by atoms with Gasteiger partial charge in [0.2, 0.25) is 11.8 Å². The van der Waals surface area contributed by atoms with Crippen molar-refractivity contribution in [1.82, 2.24) is 9.80 Å². The molecule has 0 radical (unpaired) electrons. The number of anilines is 1. The highest BCUT2D eigenvalue weighted by Crippen LogP contribution is 2.25. The summed E-state index contributed by atoms with van der Waals surface area (Å²) in [6.45, 7) is 4.38. The summed E-state index contributed by atoms with van der Waals surface area (Å²) in [7, 11) is 0. The van der Waals surface area contributed by atoms with E-state index in [0.717, 1.165) is 12.8 Å². The van der Waals surface area contributed by atoms with Crippen molar-refractivity contribution in [2.45, 2.75) is 26.3 Å². The third kappa shape index (κ3) is 5.95. The van der Waals surface area contributed by atoms with Gasteiger partial charge in [-0.2, -0.15) is 0 Å². The van der Waals surface area contributed by atoms with Crippen molar-refractivity contribution in [2.75, 3.05) is 31.5 Å². The highest BCUT2D eigenvalue weighted by atomic mass is 35.5. The maximum atomic E-state index is 12.8. The number of hydrogen-bond donors (Lipinski definition) is 1. The Hall–Kier alpha value is -2.08. The summed E-state index contributed by atoms with van der Waals surface area (Å²) in [4.78, 5) is 29.1.